The van der Waals surface area contributed by atoms with Crippen LogP contribution in [0.25, 0.3) is 0 Å². The molecule has 61 heavy (non-hydrogen) atoms. The lowest BCUT2D eigenvalue weighted by molar-refractivity contribution is -0.161. The standard InChI is InChI=1S/C49H86NO10P/c1-3-5-7-9-11-13-15-17-19-21-23-25-26-28-30-32-34-36-38-40-47(51)57-42-45(43-58-61(55,56)59-44-46(50)49(53)54)60-48(52)41-39-37-35-33-31-29-27-24-22-20-18-16-14-12-10-8-6-4-2/h5,7,11,13,17,19,23,25,28,30,45-46H,3-4,6,8-10,12,14-16,18,20-22,24,26-27,29,31-44,50H2,1-2H3,(H,53,54)(H,55,56)/b7-5+,13-11+,19-17+,25-23+,30-28+/t45-,46+/m1/s1. The van der Waals surface area contributed by atoms with E-state index in [1.165, 1.54) is 89.9 Å². The van der Waals surface area contributed by atoms with Gasteiger partial charge in [-0.2, -0.15) is 0 Å². The number of ether oxygens (including phenoxy) is 2. The largest absolute Gasteiger partial charge is 0.480 e. The maximum Gasteiger partial charge on any atom is 0.472 e. The van der Waals surface area contributed by atoms with Crippen molar-refractivity contribution < 1.29 is 47.5 Å². The second-order valence-corrected chi connectivity index (χ2v) is 17.3. The topological polar surface area (TPSA) is 172 Å². The number of carbonyl (C=O) groups is 3. The molecule has 3 atom stereocenters. The molecule has 0 rings (SSSR count). The molecule has 0 aliphatic rings. The number of hydrogen-bond acceptors (Lipinski definition) is 9. The van der Waals surface area contributed by atoms with Crippen molar-refractivity contribution in [2.75, 3.05) is 19.8 Å². The van der Waals surface area contributed by atoms with Gasteiger partial charge in [0.2, 0.25) is 0 Å². The molecule has 11 nitrogen and oxygen atoms in total. The maximum atomic E-state index is 12.7. The van der Waals surface area contributed by atoms with Crippen molar-refractivity contribution >= 4 is 25.7 Å². The van der Waals surface area contributed by atoms with E-state index in [2.05, 4.69) is 79.1 Å². The first kappa shape index (κ1) is 58.2. The molecular weight excluding hydrogens is 794 g/mol. The first-order valence-corrected chi connectivity index (χ1v) is 25.3. The van der Waals surface area contributed by atoms with E-state index in [9.17, 15) is 23.8 Å². The minimum atomic E-state index is -4.73. The van der Waals surface area contributed by atoms with Gasteiger partial charge in [0.1, 0.15) is 12.6 Å². The molecule has 1 unspecified atom stereocenters. The average molecular weight is 880 g/mol. The van der Waals surface area contributed by atoms with Gasteiger partial charge in [0.25, 0.3) is 0 Å². The molecule has 352 valence electrons. The van der Waals surface area contributed by atoms with E-state index in [1.54, 1.807) is 0 Å². The van der Waals surface area contributed by atoms with Gasteiger partial charge in [-0.15, -0.1) is 0 Å². The Balaban J connectivity index is 4.36. The smallest absolute Gasteiger partial charge is 0.472 e. The van der Waals surface area contributed by atoms with Gasteiger partial charge in [0, 0.05) is 12.8 Å². The summed E-state index contributed by atoms with van der Waals surface area (Å²) in [6.45, 7) is 2.68. The predicted octanol–water partition coefficient (Wildman–Crippen LogP) is 13.1. The minimum absolute atomic E-state index is 0.155. The average Bonchev–Trinajstić information content (AvgIpc) is 3.24. The van der Waals surface area contributed by atoms with Crippen LogP contribution in [0.5, 0.6) is 0 Å². The zero-order valence-electron chi connectivity index (χ0n) is 38.2. The van der Waals surface area contributed by atoms with Crippen LogP contribution < -0.4 is 5.73 Å². The number of allylic oxidation sites excluding steroid dienone is 10. The van der Waals surface area contributed by atoms with Gasteiger partial charge >= 0.3 is 25.7 Å². The summed E-state index contributed by atoms with van der Waals surface area (Å²) in [7, 11) is -4.73. The third-order valence-corrected chi connectivity index (χ3v) is 11.0. The van der Waals surface area contributed by atoms with Crippen molar-refractivity contribution in [2.24, 2.45) is 5.73 Å². The number of carbonyl (C=O) groups excluding carboxylic acids is 2. The van der Waals surface area contributed by atoms with Crippen LogP contribution in [0.1, 0.15) is 200 Å². The summed E-state index contributed by atoms with van der Waals surface area (Å²) in [5.41, 5.74) is 5.34. The molecule has 0 radical (unpaired) electrons. The van der Waals surface area contributed by atoms with Crippen molar-refractivity contribution in [3.63, 3.8) is 0 Å². The second-order valence-electron chi connectivity index (χ2n) is 15.9. The Morgan fingerprint density at radius 1 is 0.525 bits per heavy atom. The number of unbranched alkanes of at least 4 members (excludes halogenated alkanes) is 20. The van der Waals surface area contributed by atoms with Crippen LogP contribution in [-0.2, 0) is 37.5 Å². The Morgan fingerprint density at radius 3 is 1.38 bits per heavy atom. The van der Waals surface area contributed by atoms with Crippen molar-refractivity contribution in [1.82, 2.24) is 0 Å². The Labute approximate surface area is 370 Å². The van der Waals surface area contributed by atoms with E-state index in [0.29, 0.717) is 12.8 Å². The maximum absolute atomic E-state index is 12.7. The van der Waals surface area contributed by atoms with E-state index >= 15 is 0 Å². The van der Waals surface area contributed by atoms with Crippen LogP contribution in [0, 0.1) is 0 Å². The van der Waals surface area contributed by atoms with Gasteiger partial charge in [-0.25, -0.2) is 4.57 Å². The first-order valence-electron chi connectivity index (χ1n) is 23.8. The third-order valence-electron chi connectivity index (χ3n) is 10.0. The van der Waals surface area contributed by atoms with Gasteiger partial charge < -0.3 is 25.2 Å². The fraction of sp³-hybridized carbons (Fsp3) is 0.735. The Morgan fingerprint density at radius 2 is 0.918 bits per heavy atom. The number of esters is 2. The van der Waals surface area contributed by atoms with Crippen LogP contribution >= 0.6 is 7.82 Å². The Hall–Kier alpha value is -2.82. The molecule has 0 aliphatic carbocycles. The molecule has 0 fully saturated rings. The molecule has 0 saturated heterocycles. The van der Waals surface area contributed by atoms with Gasteiger partial charge in [0.05, 0.1) is 13.2 Å². The summed E-state index contributed by atoms with van der Waals surface area (Å²) >= 11 is 0. The number of hydrogen-bond donors (Lipinski definition) is 3. The number of phosphoric ester groups is 1. The molecule has 0 heterocycles. The van der Waals surface area contributed by atoms with Crippen LogP contribution in [0.4, 0.5) is 0 Å². The van der Waals surface area contributed by atoms with Crippen LogP contribution in [-0.4, -0.2) is 59.9 Å². The number of nitrogens with two attached hydrogens (primary N) is 1. The number of phosphoric acid groups is 1. The van der Waals surface area contributed by atoms with Crippen molar-refractivity contribution in [3.05, 3.63) is 60.8 Å². The summed E-state index contributed by atoms with van der Waals surface area (Å²) in [5, 5.41) is 8.91. The normalized spacial score (nSPS) is 14.2. The van der Waals surface area contributed by atoms with Gasteiger partial charge in [0.15, 0.2) is 6.10 Å². The second kappa shape index (κ2) is 43.8. The summed E-state index contributed by atoms with van der Waals surface area (Å²) in [5.74, 6) is -2.42. The molecule has 0 bridgehead atoms. The lowest BCUT2D eigenvalue weighted by atomic mass is 10.0. The molecule has 4 N–H and O–H groups in total. The highest BCUT2D eigenvalue weighted by molar-refractivity contribution is 7.47. The Bertz CT molecular complexity index is 1260. The van der Waals surface area contributed by atoms with Crippen molar-refractivity contribution in [3.8, 4) is 0 Å². The predicted molar refractivity (Wildman–Crippen MR) is 249 cm³/mol. The summed E-state index contributed by atoms with van der Waals surface area (Å²) in [6, 6.07) is -1.53. The van der Waals surface area contributed by atoms with E-state index in [0.717, 1.165) is 70.6 Å². The third kappa shape index (κ3) is 43.6. The van der Waals surface area contributed by atoms with Gasteiger partial charge in [-0.3, -0.25) is 23.4 Å². The first-order chi connectivity index (χ1) is 29.6. The molecule has 0 saturated carbocycles. The molecular formula is C49H86NO10P. The van der Waals surface area contributed by atoms with Gasteiger partial charge in [-0.1, -0.05) is 190 Å². The monoisotopic (exact) mass is 880 g/mol. The van der Waals surface area contributed by atoms with E-state index in [4.69, 9.17) is 24.8 Å². The quantitative estimate of drug-likeness (QED) is 0.0230. The number of carboxylic acid groups (broad SMARTS) is 1. The number of aliphatic carboxylic acids is 1. The summed E-state index contributed by atoms with van der Waals surface area (Å²) in [6.07, 6.45) is 51.4. The lowest BCUT2D eigenvalue weighted by Gasteiger charge is -2.20. The zero-order chi connectivity index (χ0) is 44.9. The molecule has 0 aromatic carbocycles. The van der Waals surface area contributed by atoms with Crippen molar-refractivity contribution in [2.45, 2.75) is 212 Å². The molecule has 0 aromatic heterocycles. The fourth-order valence-corrected chi connectivity index (χ4v) is 7.11. The highest BCUT2D eigenvalue weighted by atomic mass is 31.2. The van der Waals surface area contributed by atoms with E-state index in [-0.39, 0.29) is 19.4 Å². The van der Waals surface area contributed by atoms with Gasteiger partial charge in [-0.05, 0) is 57.8 Å². The molecule has 0 spiro atoms. The number of rotatable bonds is 44. The summed E-state index contributed by atoms with van der Waals surface area (Å²) in [4.78, 5) is 46.1. The SMILES string of the molecule is CC/C=C/C/C=C/C/C=C/C/C=C/C/C=C/CCCCCC(=O)OC[C@H](COP(=O)(O)OC[C@H](N)C(=O)O)OC(=O)CCCCCCCCCCCCCCCCCCCC. The van der Waals surface area contributed by atoms with Crippen LogP contribution in [0.2, 0.25) is 0 Å². The fourth-order valence-electron chi connectivity index (χ4n) is 6.33. The number of carboxylic acids is 1. The van der Waals surface area contributed by atoms with Crippen molar-refractivity contribution in [1.29, 1.82) is 0 Å². The molecule has 0 aliphatic heterocycles. The highest BCUT2D eigenvalue weighted by Crippen LogP contribution is 2.43. The molecule has 12 heteroatoms. The minimum Gasteiger partial charge on any atom is -0.480 e. The summed E-state index contributed by atoms with van der Waals surface area (Å²) < 4.78 is 32.8. The lowest BCUT2D eigenvalue weighted by Crippen LogP contribution is -2.34. The molecule has 0 aromatic rings. The van der Waals surface area contributed by atoms with E-state index in [1.807, 2.05) is 0 Å². The highest BCUT2D eigenvalue weighted by Gasteiger charge is 2.28. The zero-order valence-corrected chi connectivity index (χ0v) is 39.1. The molecule has 0 amide bonds. The van der Waals surface area contributed by atoms with E-state index < -0.39 is 51.1 Å². The van der Waals surface area contributed by atoms with Crippen LogP contribution in [0.3, 0.4) is 0 Å². The van der Waals surface area contributed by atoms with Crippen LogP contribution in [0.15, 0.2) is 60.8 Å². The Kier molecular flexibility index (Phi) is 41.8.